The molecule has 0 amide bonds. The van der Waals surface area contributed by atoms with Gasteiger partial charge in [-0.05, 0) is 23.3 Å². The van der Waals surface area contributed by atoms with E-state index in [1.54, 1.807) is 0 Å². The fourth-order valence-electron chi connectivity index (χ4n) is 1.77. The Morgan fingerprint density at radius 1 is 0.765 bits per heavy atom. The molecule has 0 N–H and O–H groups in total. The molecular weight excluding hydrogens is 212 g/mol. The molecule has 0 radical (unpaired) electrons. The summed E-state index contributed by atoms with van der Waals surface area (Å²) in [6.07, 6.45) is 4.15. The van der Waals surface area contributed by atoms with Crippen LogP contribution >= 0.6 is 0 Å². The predicted molar refractivity (Wildman–Crippen MR) is 67.9 cm³/mol. The van der Waals surface area contributed by atoms with Gasteiger partial charge in [-0.2, -0.15) is 0 Å². The second kappa shape index (κ2) is 4.34. The Hall–Kier alpha value is -2.22. The normalized spacial score (nSPS) is 13.2. The van der Waals surface area contributed by atoms with Gasteiger partial charge in [-0.1, -0.05) is 48.6 Å². The minimum absolute atomic E-state index is 0.321. The quantitative estimate of drug-likeness (QED) is 0.726. The largest absolute Gasteiger partial charge is 0.454 e. The molecule has 17 heavy (non-hydrogen) atoms. The molecule has 3 rings (SSSR count). The summed E-state index contributed by atoms with van der Waals surface area (Å²) in [5, 5.41) is 0. The maximum Gasteiger partial charge on any atom is 0.231 e. The Morgan fingerprint density at radius 3 is 2.41 bits per heavy atom. The van der Waals surface area contributed by atoms with Crippen molar-refractivity contribution >= 4 is 12.2 Å². The Bertz CT molecular complexity index is 544. The molecular formula is C15H12O2. The van der Waals surface area contributed by atoms with Gasteiger partial charge < -0.3 is 9.47 Å². The third-order valence-corrected chi connectivity index (χ3v) is 2.66. The van der Waals surface area contributed by atoms with E-state index in [0.29, 0.717) is 6.79 Å². The average molecular weight is 224 g/mol. The van der Waals surface area contributed by atoms with Crippen LogP contribution in [0.3, 0.4) is 0 Å². The molecule has 1 aliphatic rings. The number of fused-ring (bicyclic) bond motifs is 1. The highest BCUT2D eigenvalue weighted by Gasteiger charge is 2.11. The van der Waals surface area contributed by atoms with Crippen molar-refractivity contribution in [1.29, 1.82) is 0 Å². The molecule has 2 heteroatoms. The lowest BCUT2D eigenvalue weighted by Crippen LogP contribution is -1.92. The lowest BCUT2D eigenvalue weighted by molar-refractivity contribution is 0.174. The first-order valence-electron chi connectivity index (χ1n) is 5.54. The van der Waals surface area contributed by atoms with Crippen LogP contribution in [-0.2, 0) is 0 Å². The average Bonchev–Trinajstić information content (AvgIpc) is 2.85. The van der Waals surface area contributed by atoms with E-state index < -0.39 is 0 Å². The first-order chi connectivity index (χ1) is 8.42. The van der Waals surface area contributed by atoms with Crippen molar-refractivity contribution in [3.05, 3.63) is 59.7 Å². The molecule has 2 aromatic carbocycles. The Morgan fingerprint density at radius 2 is 1.53 bits per heavy atom. The molecule has 1 aliphatic heterocycles. The molecule has 84 valence electrons. The standard InChI is InChI=1S/C15H12O2/c1-2-4-12(5-3-1)6-7-13-8-9-14-15(10-13)17-11-16-14/h1-10H,11H2. The predicted octanol–water partition coefficient (Wildman–Crippen LogP) is 3.59. The van der Waals surface area contributed by atoms with Crippen molar-refractivity contribution in [2.75, 3.05) is 6.79 Å². The number of hydrogen-bond acceptors (Lipinski definition) is 2. The third kappa shape index (κ3) is 2.16. The lowest BCUT2D eigenvalue weighted by Gasteiger charge is -1.97. The molecule has 0 bridgehead atoms. The molecule has 0 spiro atoms. The number of ether oxygens (including phenoxy) is 2. The van der Waals surface area contributed by atoms with Crippen LogP contribution in [0.5, 0.6) is 11.5 Å². The fraction of sp³-hybridized carbons (Fsp3) is 0.0667. The van der Waals surface area contributed by atoms with E-state index in [2.05, 4.69) is 24.3 Å². The highest BCUT2D eigenvalue weighted by atomic mass is 16.7. The summed E-state index contributed by atoms with van der Waals surface area (Å²) in [5.41, 5.74) is 2.29. The van der Waals surface area contributed by atoms with E-state index in [9.17, 15) is 0 Å². The molecule has 2 nitrogen and oxygen atoms in total. The van der Waals surface area contributed by atoms with Gasteiger partial charge in [0.15, 0.2) is 11.5 Å². The molecule has 0 fully saturated rings. The van der Waals surface area contributed by atoms with Crippen LogP contribution in [0, 0.1) is 0 Å². The van der Waals surface area contributed by atoms with Crippen LogP contribution in [0.1, 0.15) is 11.1 Å². The van der Waals surface area contributed by atoms with Crippen molar-refractivity contribution < 1.29 is 9.47 Å². The van der Waals surface area contributed by atoms with E-state index in [0.717, 1.165) is 17.1 Å². The Kier molecular flexibility index (Phi) is 2.54. The summed E-state index contributed by atoms with van der Waals surface area (Å²) in [5.74, 6) is 1.64. The molecule has 1 heterocycles. The minimum atomic E-state index is 0.321. The number of benzene rings is 2. The number of hydrogen-bond donors (Lipinski definition) is 0. The van der Waals surface area contributed by atoms with Crippen molar-refractivity contribution in [2.45, 2.75) is 0 Å². The third-order valence-electron chi connectivity index (χ3n) is 2.66. The van der Waals surface area contributed by atoms with E-state index in [1.807, 2.05) is 36.4 Å². The second-order valence-electron chi connectivity index (χ2n) is 3.86. The van der Waals surface area contributed by atoms with Crippen LogP contribution < -0.4 is 9.47 Å². The smallest absolute Gasteiger partial charge is 0.231 e. The zero-order valence-corrected chi connectivity index (χ0v) is 9.30. The lowest BCUT2D eigenvalue weighted by atomic mass is 10.1. The van der Waals surface area contributed by atoms with Gasteiger partial charge in [0.25, 0.3) is 0 Å². The summed E-state index contributed by atoms with van der Waals surface area (Å²) in [7, 11) is 0. The van der Waals surface area contributed by atoms with Gasteiger partial charge in [-0.3, -0.25) is 0 Å². The van der Waals surface area contributed by atoms with Gasteiger partial charge in [-0.15, -0.1) is 0 Å². The Balaban J connectivity index is 1.84. The van der Waals surface area contributed by atoms with E-state index in [-0.39, 0.29) is 0 Å². The second-order valence-corrected chi connectivity index (χ2v) is 3.86. The molecule has 0 aromatic heterocycles. The zero-order valence-electron chi connectivity index (χ0n) is 9.30. The summed E-state index contributed by atoms with van der Waals surface area (Å²) >= 11 is 0. The van der Waals surface area contributed by atoms with Gasteiger partial charge in [0.2, 0.25) is 6.79 Å². The molecule has 0 saturated carbocycles. The molecule has 0 atom stereocenters. The molecule has 0 saturated heterocycles. The maximum atomic E-state index is 5.34. The highest BCUT2D eigenvalue weighted by Crippen LogP contribution is 2.32. The van der Waals surface area contributed by atoms with Gasteiger partial charge in [0.1, 0.15) is 0 Å². The van der Waals surface area contributed by atoms with Crippen LogP contribution in [0.2, 0.25) is 0 Å². The van der Waals surface area contributed by atoms with Crippen molar-refractivity contribution in [2.24, 2.45) is 0 Å². The summed E-state index contributed by atoms with van der Waals surface area (Å²) < 4.78 is 10.6. The van der Waals surface area contributed by atoms with Gasteiger partial charge >= 0.3 is 0 Å². The van der Waals surface area contributed by atoms with Crippen LogP contribution in [-0.4, -0.2) is 6.79 Å². The van der Waals surface area contributed by atoms with Gasteiger partial charge in [-0.25, -0.2) is 0 Å². The number of rotatable bonds is 2. The summed E-state index contributed by atoms with van der Waals surface area (Å²) in [6, 6.07) is 16.2. The fourth-order valence-corrected chi connectivity index (χ4v) is 1.77. The monoisotopic (exact) mass is 224 g/mol. The highest BCUT2D eigenvalue weighted by molar-refractivity contribution is 5.71. The van der Waals surface area contributed by atoms with Crippen molar-refractivity contribution in [1.82, 2.24) is 0 Å². The first kappa shape index (κ1) is 9.97. The molecule has 0 aliphatic carbocycles. The zero-order chi connectivity index (χ0) is 11.5. The molecule has 2 aromatic rings. The van der Waals surface area contributed by atoms with E-state index in [1.165, 1.54) is 5.56 Å². The van der Waals surface area contributed by atoms with Crippen molar-refractivity contribution in [3.8, 4) is 11.5 Å². The van der Waals surface area contributed by atoms with E-state index in [4.69, 9.17) is 9.47 Å². The van der Waals surface area contributed by atoms with Crippen LogP contribution in [0.25, 0.3) is 12.2 Å². The topological polar surface area (TPSA) is 18.5 Å². The SMILES string of the molecule is C(=Cc1ccc2c(c1)OCO2)c1ccccc1. The maximum absolute atomic E-state index is 5.34. The minimum Gasteiger partial charge on any atom is -0.454 e. The van der Waals surface area contributed by atoms with E-state index >= 15 is 0 Å². The Labute approximate surface area is 100 Å². The van der Waals surface area contributed by atoms with Crippen LogP contribution in [0.15, 0.2) is 48.5 Å². The summed E-state index contributed by atoms with van der Waals surface area (Å²) in [6.45, 7) is 0.321. The van der Waals surface area contributed by atoms with Gasteiger partial charge in [0, 0.05) is 0 Å². The summed E-state index contributed by atoms with van der Waals surface area (Å²) in [4.78, 5) is 0. The first-order valence-corrected chi connectivity index (χ1v) is 5.54. The van der Waals surface area contributed by atoms with Gasteiger partial charge in [0.05, 0.1) is 0 Å². The molecule has 0 unspecified atom stereocenters. The van der Waals surface area contributed by atoms with Crippen LogP contribution in [0.4, 0.5) is 0 Å². The van der Waals surface area contributed by atoms with Crippen molar-refractivity contribution in [3.63, 3.8) is 0 Å².